The Morgan fingerprint density at radius 1 is 1.32 bits per heavy atom. The molecule has 1 aliphatic heterocycles. The maximum atomic E-state index is 6.12. The number of aromatic nitrogens is 2. The van der Waals surface area contributed by atoms with Gasteiger partial charge in [-0.05, 0) is 44.5 Å². The van der Waals surface area contributed by atoms with E-state index in [1.165, 1.54) is 0 Å². The van der Waals surface area contributed by atoms with Crippen LogP contribution in [-0.2, 0) is 0 Å². The lowest BCUT2D eigenvalue weighted by Gasteiger charge is -2.18. The van der Waals surface area contributed by atoms with Crippen molar-refractivity contribution in [1.82, 2.24) is 15.5 Å². The van der Waals surface area contributed by atoms with Crippen molar-refractivity contribution in [3.63, 3.8) is 0 Å². The Labute approximate surface area is 117 Å². The molecule has 19 heavy (non-hydrogen) atoms. The number of rotatable bonds is 2. The summed E-state index contributed by atoms with van der Waals surface area (Å²) in [6, 6.07) is 5.82. The molecule has 0 atom stereocenters. The third-order valence-electron chi connectivity index (χ3n) is 3.56. The van der Waals surface area contributed by atoms with Gasteiger partial charge in [0.25, 0.3) is 0 Å². The second kappa shape index (κ2) is 5.31. The molecule has 100 valence electrons. The second-order valence-electron chi connectivity index (χ2n) is 4.94. The van der Waals surface area contributed by atoms with Crippen LogP contribution in [0.5, 0.6) is 0 Å². The number of halogens is 1. The first-order valence-corrected chi connectivity index (χ1v) is 6.92. The fraction of sp³-hybridized carbons (Fsp3) is 0.429. The molecule has 4 nitrogen and oxygen atoms in total. The smallest absolute Gasteiger partial charge is 0.230 e. The first-order valence-electron chi connectivity index (χ1n) is 6.55. The Kier molecular flexibility index (Phi) is 3.53. The molecule has 1 aliphatic rings. The quantitative estimate of drug-likeness (QED) is 0.916. The van der Waals surface area contributed by atoms with Gasteiger partial charge in [0.05, 0.1) is 0 Å². The zero-order valence-electron chi connectivity index (χ0n) is 10.8. The van der Waals surface area contributed by atoms with Crippen LogP contribution in [0, 0.1) is 6.92 Å². The molecule has 0 amide bonds. The number of hydrogen-bond acceptors (Lipinski definition) is 4. The lowest BCUT2D eigenvalue weighted by molar-refractivity contribution is 0.320. The van der Waals surface area contributed by atoms with E-state index in [2.05, 4.69) is 15.5 Å². The predicted octanol–water partition coefficient (Wildman–Crippen LogP) is 3.17. The lowest BCUT2D eigenvalue weighted by atomic mass is 9.98. The Morgan fingerprint density at radius 3 is 2.84 bits per heavy atom. The lowest BCUT2D eigenvalue weighted by Crippen LogP contribution is -2.26. The van der Waals surface area contributed by atoms with Crippen molar-refractivity contribution in [2.75, 3.05) is 13.1 Å². The highest BCUT2D eigenvalue weighted by molar-refractivity contribution is 6.31. The van der Waals surface area contributed by atoms with Gasteiger partial charge in [-0.1, -0.05) is 28.9 Å². The number of nitrogens with one attached hydrogen (secondary N) is 1. The van der Waals surface area contributed by atoms with E-state index < -0.39 is 0 Å². The summed E-state index contributed by atoms with van der Waals surface area (Å²) in [5.41, 5.74) is 1.95. The zero-order chi connectivity index (χ0) is 13.2. The van der Waals surface area contributed by atoms with Crippen LogP contribution in [0.3, 0.4) is 0 Å². The van der Waals surface area contributed by atoms with Crippen molar-refractivity contribution < 1.29 is 4.52 Å². The topological polar surface area (TPSA) is 51.0 Å². The van der Waals surface area contributed by atoms with Gasteiger partial charge >= 0.3 is 0 Å². The highest BCUT2D eigenvalue weighted by Crippen LogP contribution is 2.27. The molecule has 2 heterocycles. The van der Waals surface area contributed by atoms with E-state index in [0.717, 1.165) is 48.0 Å². The zero-order valence-corrected chi connectivity index (χ0v) is 11.6. The summed E-state index contributed by atoms with van der Waals surface area (Å²) in [6.45, 7) is 4.00. The van der Waals surface area contributed by atoms with Crippen LogP contribution in [0.2, 0.25) is 5.02 Å². The molecule has 0 unspecified atom stereocenters. The van der Waals surface area contributed by atoms with Crippen molar-refractivity contribution in [2.45, 2.75) is 25.7 Å². The molecule has 1 aromatic carbocycles. The number of piperidine rings is 1. The molecule has 0 saturated carbocycles. The highest BCUT2D eigenvalue weighted by Gasteiger charge is 2.21. The van der Waals surface area contributed by atoms with E-state index in [0.29, 0.717) is 11.7 Å². The fourth-order valence-corrected chi connectivity index (χ4v) is 2.50. The molecule has 1 aromatic heterocycles. The molecular formula is C14H16ClN3O. The van der Waals surface area contributed by atoms with Crippen LogP contribution in [0.4, 0.5) is 0 Å². The van der Waals surface area contributed by atoms with Gasteiger partial charge in [-0.3, -0.25) is 0 Å². The van der Waals surface area contributed by atoms with Crippen LogP contribution in [-0.4, -0.2) is 23.2 Å². The van der Waals surface area contributed by atoms with Crippen LogP contribution in [0.15, 0.2) is 22.7 Å². The minimum atomic E-state index is 0.378. The summed E-state index contributed by atoms with van der Waals surface area (Å²) in [5.74, 6) is 1.74. The number of benzene rings is 1. The minimum absolute atomic E-state index is 0.378. The Bertz CT molecular complexity index is 576. The summed E-state index contributed by atoms with van der Waals surface area (Å²) in [6.07, 6.45) is 2.10. The first-order chi connectivity index (χ1) is 9.24. The van der Waals surface area contributed by atoms with Crippen molar-refractivity contribution in [2.24, 2.45) is 0 Å². The summed E-state index contributed by atoms with van der Waals surface area (Å²) >= 11 is 6.12. The van der Waals surface area contributed by atoms with Crippen molar-refractivity contribution in [1.29, 1.82) is 0 Å². The fourth-order valence-electron chi connectivity index (χ4n) is 2.32. The Hall–Kier alpha value is -1.39. The molecule has 5 heteroatoms. The van der Waals surface area contributed by atoms with Crippen molar-refractivity contribution in [3.8, 4) is 11.4 Å². The van der Waals surface area contributed by atoms with Gasteiger partial charge < -0.3 is 9.84 Å². The molecule has 1 saturated heterocycles. The van der Waals surface area contributed by atoms with Gasteiger partial charge in [-0.2, -0.15) is 4.98 Å². The van der Waals surface area contributed by atoms with E-state index in [1.807, 2.05) is 25.1 Å². The van der Waals surface area contributed by atoms with Gasteiger partial charge in [0, 0.05) is 16.5 Å². The molecule has 0 bridgehead atoms. The molecule has 2 aromatic rings. The maximum absolute atomic E-state index is 6.12. The Balaban J connectivity index is 1.85. The normalized spacial score (nSPS) is 16.7. The van der Waals surface area contributed by atoms with Gasteiger partial charge in [0.1, 0.15) is 0 Å². The molecular weight excluding hydrogens is 262 g/mol. The number of hydrogen-bond donors (Lipinski definition) is 1. The van der Waals surface area contributed by atoms with E-state index >= 15 is 0 Å². The van der Waals surface area contributed by atoms with Gasteiger partial charge in [-0.25, -0.2) is 0 Å². The third kappa shape index (κ3) is 2.65. The average molecular weight is 278 g/mol. The molecule has 1 N–H and O–H groups in total. The summed E-state index contributed by atoms with van der Waals surface area (Å²) in [4.78, 5) is 4.51. The van der Waals surface area contributed by atoms with Crippen molar-refractivity contribution in [3.05, 3.63) is 34.7 Å². The minimum Gasteiger partial charge on any atom is -0.339 e. The van der Waals surface area contributed by atoms with Gasteiger partial charge in [-0.15, -0.1) is 0 Å². The van der Waals surface area contributed by atoms with Crippen LogP contribution in [0.1, 0.15) is 30.2 Å². The molecule has 0 radical (unpaired) electrons. The SMILES string of the molecule is Cc1ccc(-c2noc(C3CCNCC3)n2)cc1Cl. The standard InChI is InChI=1S/C14H16ClN3O/c1-9-2-3-11(8-12(9)15)13-17-14(19-18-13)10-4-6-16-7-5-10/h2-3,8,10,16H,4-7H2,1H3. The molecule has 3 rings (SSSR count). The maximum Gasteiger partial charge on any atom is 0.230 e. The Morgan fingerprint density at radius 2 is 2.11 bits per heavy atom. The second-order valence-corrected chi connectivity index (χ2v) is 5.35. The molecule has 1 fully saturated rings. The monoisotopic (exact) mass is 277 g/mol. The molecule has 0 aliphatic carbocycles. The van der Waals surface area contributed by atoms with E-state index in [-0.39, 0.29) is 0 Å². The highest BCUT2D eigenvalue weighted by atomic mass is 35.5. The van der Waals surface area contributed by atoms with Crippen LogP contribution < -0.4 is 5.32 Å². The number of aryl methyl sites for hydroxylation is 1. The van der Waals surface area contributed by atoms with E-state index in [1.54, 1.807) is 0 Å². The summed E-state index contributed by atoms with van der Waals surface area (Å²) in [5, 5.41) is 8.12. The largest absolute Gasteiger partial charge is 0.339 e. The predicted molar refractivity (Wildman–Crippen MR) is 74.3 cm³/mol. The third-order valence-corrected chi connectivity index (χ3v) is 3.97. The average Bonchev–Trinajstić information content (AvgIpc) is 2.93. The van der Waals surface area contributed by atoms with E-state index in [4.69, 9.17) is 16.1 Å². The number of nitrogens with zero attached hydrogens (tertiary/aromatic N) is 2. The van der Waals surface area contributed by atoms with Crippen LogP contribution >= 0.6 is 11.6 Å². The van der Waals surface area contributed by atoms with Gasteiger partial charge in [0.2, 0.25) is 11.7 Å². The first kappa shape index (κ1) is 12.6. The molecule has 0 spiro atoms. The van der Waals surface area contributed by atoms with Gasteiger partial charge in [0.15, 0.2) is 0 Å². The van der Waals surface area contributed by atoms with Crippen molar-refractivity contribution >= 4 is 11.6 Å². The van der Waals surface area contributed by atoms with E-state index in [9.17, 15) is 0 Å². The summed E-state index contributed by atoms with van der Waals surface area (Å²) < 4.78 is 5.40. The summed E-state index contributed by atoms with van der Waals surface area (Å²) in [7, 11) is 0. The van der Waals surface area contributed by atoms with Crippen LogP contribution in [0.25, 0.3) is 11.4 Å².